The summed E-state index contributed by atoms with van der Waals surface area (Å²) in [6, 6.07) is 10.7. The number of furan rings is 1. The first-order valence-corrected chi connectivity index (χ1v) is 11.4. The smallest absolute Gasteiger partial charge is 0.404 e. The molecule has 0 bridgehead atoms. The van der Waals surface area contributed by atoms with E-state index in [0.29, 0.717) is 18.0 Å². The van der Waals surface area contributed by atoms with Crippen LogP contribution in [0.1, 0.15) is 33.3 Å². The van der Waals surface area contributed by atoms with E-state index in [9.17, 15) is 14.9 Å². The Morgan fingerprint density at radius 2 is 1.97 bits per heavy atom. The molecule has 1 N–H and O–H groups in total. The van der Waals surface area contributed by atoms with Gasteiger partial charge in [-0.1, -0.05) is 12.1 Å². The first-order valence-electron chi connectivity index (χ1n) is 9.77. The topological polar surface area (TPSA) is 121 Å². The molecule has 0 spiro atoms. The summed E-state index contributed by atoms with van der Waals surface area (Å²) in [6.45, 7) is 4.64. The van der Waals surface area contributed by atoms with Gasteiger partial charge in [-0.15, -0.1) is 0 Å². The summed E-state index contributed by atoms with van der Waals surface area (Å²) in [5.41, 5.74) is 3.56. The van der Waals surface area contributed by atoms with Crippen molar-refractivity contribution in [1.29, 1.82) is 0 Å². The van der Waals surface area contributed by atoms with Crippen molar-refractivity contribution in [3.63, 3.8) is 0 Å². The van der Waals surface area contributed by atoms with Crippen molar-refractivity contribution in [3.05, 3.63) is 90.1 Å². The number of hydrogen-bond donors (Lipinski definition) is 1. The zero-order chi connectivity index (χ0) is 23.7. The number of anilines is 1. The Kier molecular flexibility index (Phi) is 6.47. The van der Waals surface area contributed by atoms with Crippen LogP contribution >= 0.6 is 31.9 Å². The Bertz CT molecular complexity index is 1360. The summed E-state index contributed by atoms with van der Waals surface area (Å²) in [6.07, 6.45) is 1.48. The van der Waals surface area contributed by atoms with E-state index in [1.54, 1.807) is 18.2 Å². The van der Waals surface area contributed by atoms with Crippen molar-refractivity contribution in [2.45, 2.75) is 26.9 Å². The molecule has 0 saturated carbocycles. The zero-order valence-electron chi connectivity index (χ0n) is 17.6. The number of carbonyl (C=O) groups is 1. The highest BCUT2D eigenvalue weighted by atomic mass is 79.9. The molecule has 0 fully saturated rings. The van der Waals surface area contributed by atoms with E-state index >= 15 is 0 Å². The third-order valence-electron chi connectivity index (χ3n) is 4.89. The second-order valence-corrected chi connectivity index (χ2v) is 8.97. The molecule has 1 aromatic carbocycles. The van der Waals surface area contributed by atoms with Crippen LogP contribution in [0.4, 0.5) is 11.5 Å². The maximum absolute atomic E-state index is 12.7. The summed E-state index contributed by atoms with van der Waals surface area (Å²) >= 11 is 6.64. The first kappa shape index (κ1) is 22.9. The molecule has 0 saturated heterocycles. The van der Waals surface area contributed by atoms with Crippen LogP contribution in [-0.2, 0) is 13.1 Å². The van der Waals surface area contributed by atoms with Gasteiger partial charge < -0.3 is 19.8 Å². The van der Waals surface area contributed by atoms with Crippen molar-refractivity contribution in [2.75, 3.05) is 5.32 Å². The van der Waals surface area contributed by atoms with Crippen molar-refractivity contribution < 1.29 is 14.1 Å². The maximum Gasteiger partial charge on any atom is 0.404 e. The van der Waals surface area contributed by atoms with Crippen LogP contribution in [0, 0.1) is 24.0 Å². The monoisotopic (exact) mass is 576 g/mol. The normalized spacial score (nSPS) is 11.0. The van der Waals surface area contributed by atoms with Crippen LogP contribution < -0.4 is 5.32 Å². The van der Waals surface area contributed by atoms with Crippen LogP contribution in [0.15, 0.2) is 56.0 Å². The minimum Gasteiger partial charge on any atom is -0.454 e. The second-order valence-electron chi connectivity index (χ2n) is 7.32. The Morgan fingerprint density at radius 3 is 2.64 bits per heavy atom. The van der Waals surface area contributed by atoms with E-state index in [1.807, 2.05) is 36.7 Å². The van der Waals surface area contributed by atoms with E-state index in [-0.39, 0.29) is 22.6 Å². The molecular weight excluding hydrogens is 560 g/mol. The highest BCUT2D eigenvalue weighted by Gasteiger charge is 2.20. The molecule has 0 aliphatic heterocycles. The predicted molar refractivity (Wildman–Crippen MR) is 127 cm³/mol. The number of rotatable bonds is 7. The van der Waals surface area contributed by atoms with Gasteiger partial charge >= 0.3 is 5.82 Å². The number of benzene rings is 1. The maximum atomic E-state index is 12.7. The Labute approximate surface area is 205 Å². The molecule has 3 heterocycles. The van der Waals surface area contributed by atoms with Gasteiger partial charge in [0.05, 0.1) is 33.7 Å². The SMILES string of the molecule is Cc1nn(Cc2cccc(NC(=O)c3ccc(Cn4cc(Br)c([N+](=O)[O-])n4)o3)c2)c(C)c1Br. The third kappa shape index (κ3) is 5.06. The molecule has 10 nitrogen and oxygen atoms in total. The molecular formula is C21H18Br2N6O4. The number of nitrogens with one attached hydrogen (secondary N) is 1. The van der Waals surface area contributed by atoms with Gasteiger partial charge in [0.15, 0.2) is 5.76 Å². The van der Waals surface area contributed by atoms with Gasteiger partial charge in [-0.25, -0.2) is 0 Å². The third-order valence-corrected chi connectivity index (χ3v) is 6.59. The fraction of sp³-hybridized carbons (Fsp3) is 0.190. The number of nitrogens with zero attached hydrogens (tertiary/aromatic N) is 5. The highest BCUT2D eigenvalue weighted by molar-refractivity contribution is 9.11. The highest BCUT2D eigenvalue weighted by Crippen LogP contribution is 2.24. The van der Waals surface area contributed by atoms with E-state index in [0.717, 1.165) is 21.4 Å². The van der Waals surface area contributed by atoms with Gasteiger partial charge in [0, 0.05) is 5.69 Å². The largest absolute Gasteiger partial charge is 0.454 e. The van der Waals surface area contributed by atoms with Crippen molar-refractivity contribution in [2.24, 2.45) is 0 Å². The van der Waals surface area contributed by atoms with Crippen molar-refractivity contribution >= 4 is 49.3 Å². The van der Waals surface area contributed by atoms with Crippen molar-refractivity contribution in [1.82, 2.24) is 19.6 Å². The van der Waals surface area contributed by atoms with Gasteiger partial charge in [0.1, 0.15) is 16.8 Å². The van der Waals surface area contributed by atoms with Crippen LogP contribution in [0.3, 0.4) is 0 Å². The lowest BCUT2D eigenvalue weighted by atomic mass is 10.2. The average Bonchev–Trinajstić information content (AvgIpc) is 3.44. The molecule has 3 aromatic heterocycles. The van der Waals surface area contributed by atoms with Gasteiger partial charge in [0.2, 0.25) is 0 Å². The summed E-state index contributed by atoms with van der Waals surface area (Å²) in [4.78, 5) is 23.0. The van der Waals surface area contributed by atoms with E-state index < -0.39 is 10.8 Å². The van der Waals surface area contributed by atoms with Gasteiger partial charge in [-0.2, -0.15) is 9.78 Å². The lowest BCUT2D eigenvalue weighted by Gasteiger charge is -2.08. The number of carbonyl (C=O) groups excluding carboxylic acids is 1. The number of nitro groups is 1. The first-order chi connectivity index (χ1) is 15.7. The molecule has 1 amide bonds. The van der Waals surface area contributed by atoms with Crippen LogP contribution in [-0.4, -0.2) is 30.4 Å². The molecule has 0 aliphatic rings. The molecule has 0 unspecified atom stereocenters. The fourth-order valence-electron chi connectivity index (χ4n) is 3.28. The van der Waals surface area contributed by atoms with Crippen LogP contribution in [0.25, 0.3) is 0 Å². The summed E-state index contributed by atoms with van der Waals surface area (Å²) in [5.74, 6) is -0.125. The van der Waals surface area contributed by atoms with Crippen molar-refractivity contribution in [3.8, 4) is 0 Å². The van der Waals surface area contributed by atoms with Gasteiger partial charge in [0.25, 0.3) is 5.91 Å². The Balaban J connectivity index is 1.43. The number of aromatic nitrogens is 4. The summed E-state index contributed by atoms with van der Waals surface area (Å²) < 4.78 is 10.1. The average molecular weight is 578 g/mol. The molecule has 0 atom stereocenters. The number of halogens is 2. The fourth-order valence-corrected chi connectivity index (χ4v) is 4.02. The number of aryl methyl sites for hydroxylation is 1. The number of amides is 1. The van der Waals surface area contributed by atoms with E-state index in [1.165, 1.54) is 10.9 Å². The molecule has 4 rings (SSSR count). The lowest BCUT2D eigenvalue weighted by molar-refractivity contribution is -0.390. The quantitative estimate of drug-likeness (QED) is 0.242. The molecule has 12 heteroatoms. The van der Waals surface area contributed by atoms with Gasteiger partial charge in [-0.05, 0) is 80.5 Å². The van der Waals surface area contributed by atoms with E-state index in [4.69, 9.17) is 4.42 Å². The van der Waals surface area contributed by atoms with E-state index in [2.05, 4.69) is 47.4 Å². The predicted octanol–water partition coefficient (Wildman–Crippen LogP) is 5.07. The standard InChI is InChI=1S/C21H18Br2N6O4/c1-12-19(23)13(2)28(25-12)9-14-4-3-5-15(8-14)24-21(30)18-7-6-16(33-18)10-27-11-17(22)20(26-27)29(31)32/h3-8,11H,9-10H2,1-2H3,(H,24,30). The summed E-state index contributed by atoms with van der Waals surface area (Å²) in [5, 5.41) is 22.2. The van der Waals surface area contributed by atoms with Gasteiger partial charge in [-0.3, -0.25) is 9.48 Å². The minimum absolute atomic E-state index is 0.124. The molecule has 4 aromatic rings. The second kappa shape index (κ2) is 9.32. The summed E-state index contributed by atoms with van der Waals surface area (Å²) in [7, 11) is 0. The minimum atomic E-state index is -0.580. The Hall–Kier alpha value is -3.25. The number of hydrogen-bond acceptors (Lipinski definition) is 6. The van der Waals surface area contributed by atoms with Crippen LogP contribution in [0.2, 0.25) is 0 Å². The molecule has 0 aliphatic carbocycles. The molecule has 170 valence electrons. The van der Waals surface area contributed by atoms with Crippen LogP contribution in [0.5, 0.6) is 0 Å². The Morgan fingerprint density at radius 1 is 1.18 bits per heavy atom. The molecule has 0 radical (unpaired) electrons. The lowest BCUT2D eigenvalue weighted by Crippen LogP contribution is -2.11. The molecule has 33 heavy (non-hydrogen) atoms. The zero-order valence-corrected chi connectivity index (χ0v) is 20.8.